The fraction of sp³-hybridized carbons (Fsp3) is 0.316. The van der Waals surface area contributed by atoms with E-state index in [1.165, 1.54) is 0 Å². The third kappa shape index (κ3) is 2.60. The van der Waals surface area contributed by atoms with Crippen molar-refractivity contribution in [2.45, 2.75) is 25.6 Å². The summed E-state index contributed by atoms with van der Waals surface area (Å²) in [6, 6.07) is 6.78. The summed E-state index contributed by atoms with van der Waals surface area (Å²) in [5.41, 5.74) is 1.37. The van der Waals surface area contributed by atoms with Crippen molar-refractivity contribution in [1.82, 2.24) is 29.6 Å². The van der Waals surface area contributed by atoms with Gasteiger partial charge in [-0.05, 0) is 24.6 Å². The molecule has 0 N–H and O–H groups in total. The van der Waals surface area contributed by atoms with E-state index in [0.717, 1.165) is 5.56 Å². The fourth-order valence-electron chi connectivity index (χ4n) is 3.86. The number of halogens is 1. The largest absolute Gasteiger partial charge is 0.377 e. The molecule has 2 bridgehead atoms. The Kier molecular flexibility index (Phi) is 4.10. The second kappa shape index (κ2) is 6.65. The zero-order valence-corrected chi connectivity index (χ0v) is 15.9. The highest BCUT2D eigenvalue weighted by molar-refractivity contribution is 6.34. The highest BCUT2D eigenvalue weighted by Crippen LogP contribution is 2.36. The summed E-state index contributed by atoms with van der Waals surface area (Å²) in [6.07, 6.45) is 3.35. The Labute approximate surface area is 166 Å². The van der Waals surface area contributed by atoms with Gasteiger partial charge in [0.05, 0.1) is 29.8 Å². The molecule has 28 heavy (non-hydrogen) atoms. The van der Waals surface area contributed by atoms with Gasteiger partial charge in [0.25, 0.3) is 5.91 Å². The molecule has 9 heteroatoms. The number of hydrogen-bond acceptors (Lipinski definition) is 6. The van der Waals surface area contributed by atoms with Crippen LogP contribution < -0.4 is 0 Å². The minimum atomic E-state index is -0.332. The summed E-state index contributed by atoms with van der Waals surface area (Å²) in [7, 11) is 0. The van der Waals surface area contributed by atoms with Crippen LogP contribution >= 0.6 is 11.6 Å². The molecule has 2 atom stereocenters. The number of morpholine rings is 1. The number of ether oxygens (including phenoxy) is 1. The molecule has 0 aliphatic carbocycles. The third-order valence-corrected chi connectivity index (χ3v) is 5.71. The smallest absolute Gasteiger partial charge is 0.256 e. The van der Waals surface area contributed by atoms with Gasteiger partial charge in [0.15, 0.2) is 11.6 Å². The summed E-state index contributed by atoms with van der Waals surface area (Å²) in [6.45, 7) is 3.21. The maximum Gasteiger partial charge on any atom is 0.256 e. The number of aryl methyl sites for hydroxylation is 1. The van der Waals surface area contributed by atoms with E-state index in [9.17, 15) is 4.79 Å². The van der Waals surface area contributed by atoms with Crippen molar-refractivity contribution in [3.63, 3.8) is 0 Å². The van der Waals surface area contributed by atoms with E-state index in [-0.39, 0.29) is 18.0 Å². The monoisotopic (exact) mass is 396 g/mol. The summed E-state index contributed by atoms with van der Waals surface area (Å²) in [5.74, 6) is 1.68. The van der Waals surface area contributed by atoms with Crippen molar-refractivity contribution in [3.05, 3.63) is 58.6 Å². The van der Waals surface area contributed by atoms with Crippen LogP contribution in [0.1, 0.15) is 27.8 Å². The molecule has 1 aromatic carbocycles. The van der Waals surface area contributed by atoms with Crippen LogP contribution in [0.5, 0.6) is 0 Å². The topological polar surface area (TPSA) is 86.0 Å². The number of carbonyl (C=O) groups is 1. The molecule has 3 aromatic rings. The maximum absolute atomic E-state index is 13.4. The summed E-state index contributed by atoms with van der Waals surface area (Å²) in [5, 5.41) is 9.12. The first-order chi connectivity index (χ1) is 13.6. The Morgan fingerprint density at radius 3 is 2.82 bits per heavy atom. The van der Waals surface area contributed by atoms with E-state index in [4.69, 9.17) is 16.3 Å². The van der Waals surface area contributed by atoms with Gasteiger partial charge in [-0.25, -0.2) is 9.97 Å². The number of amides is 1. The molecule has 0 spiro atoms. The number of hydrogen-bond donors (Lipinski definition) is 0. The van der Waals surface area contributed by atoms with E-state index in [0.29, 0.717) is 47.8 Å². The predicted octanol–water partition coefficient (Wildman–Crippen LogP) is 2.29. The average molecular weight is 397 g/mol. The molecule has 1 amide bonds. The van der Waals surface area contributed by atoms with Gasteiger partial charge >= 0.3 is 0 Å². The summed E-state index contributed by atoms with van der Waals surface area (Å²) >= 11 is 6.42. The molecular formula is C19H17ClN6O2. The number of carbonyl (C=O) groups excluding carboxylic acids is 1. The Hall–Kier alpha value is -2.84. The SMILES string of the molecule is Cc1cccc(C(=O)N2[C@H]3COC[C@@H]2c2nnc(-c4ncccn4)n2C3)c1Cl. The third-order valence-electron chi connectivity index (χ3n) is 5.21. The van der Waals surface area contributed by atoms with E-state index in [1.54, 1.807) is 24.5 Å². The zero-order chi connectivity index (χ0) is 19.3. The van der Waals surface area contributed by atoms with E-state index in [1.807, 2.05) is 28.5 Å². The van der Waals surface area contributed by atoms with Crippen molar-refractivity contribution in [2.24, 2.45) is 0 Å². The number of nitrogens with zero attached hydrogens (tertiary/aromatic N) is 6. The highest BCUT2D eigenvalue weighted by atomic mass is 35.5. The van der Waals surface area contributed by atoms with Gasteiger partial charge in [-0.2, -0.15) is 0 Å². The Balaban J connectivity index is 1.56. The molecule has 8 nitrogen and oxygen atoms in total. The van der Waals surface area contributed by atoms with E-state index in [2.05, 4.69) is 20.2 Å². The van der Waals surface area contributed by atoms with Gasteiger partial charge in [-0.15, -0.1) is 10.2 Å². The molecule has 0 unspecified atom stereocenters. The van der Waals surface area contributed by atoms with Gasteiger partial charge < -0.3 is 14.2 Å². The number of aromatic nitrogens is 5. The molecule has 142 valence electrons. The van der Waals surface area contributed by atoms with Crippen LogP contribution in [-0.2, 0) is 11.3 Å². The van der Waals surface area contributed by atoms with Crippen LogP contribution in [0.3, 0.4) is 0 Å². The number of benzene rings is 1. The number of fused-ring (bicyclic) bond motifs is 4. The first kappa shape index (κ1) is 17.3. The van der Waals surface area contributed by atoms with Gasteiger partial charge in [0.1, 0.15) is 6.04 Å². The van der Waals surface area contributed by atoms with Gasteiger partial charge in [-0.3, -0.25) is 4.79 Å². The lowest BCUT2D eigenvalue weighted by atomic mass is 10.0. The Morgan fingerprint density at radius 2 is 2.00 bits per heavy atom. The predicted molar refractivity (Wildman–Crippen MR) is 101 cm³/mol. The van der Waals surface area contributed by atoms with Crippen LogP contribution in [-0.4, -0.2) is 54.8 Å². The van der Waals surface area contributed by atoms with E-state index >= 15 is 0 Å². The van der Waals surface area contributed by atoms with Crippen molar-refractivity contribution < 1.29 is 9.53 Å². The first-order valence-corrected chi connectivity index (χ1v) is 9.39. The van der Waals surface area contributed by atoms with Crippen molar-refractivity contribution in [2.75, 3.05) is 13.2 Å². The Morgan fingerprint density at radius 1 is 1.18 bits per heavy atom. The molecule has 1 fully saturated rings. The second-order valence-corrected chi connectivity index (χ2v) is 7.30. The molecule has 2 aliphatic rings. The average Bonchev–Trinajstić information content (AvgIpc) is 3.13. The van der Waals surface area contributed by atoms with Crippen LogP contribution in [0.15, 0.2) is 36.7 Å². The van der Waals surface area contributed by atoms with Gasteiger partial charge in [-0.1, -0.05) is 23.7 Å². The molecule has 2 aromatic heterocycles. The lowest BCUT2D eigenvalue weighted by Crippen LogP contribution is -2.56. The van der Waals surface area contributed by atoms with Gasteiger partial charge in [0, 0.05) is 18.9 Å². The standard InChI is InChI=1S/C19H17ClN6O2/c1-11-4-2-5-13(15(11)20)19(27)26-12-8-25-17(14(26)10-28-9-12)23-24-18(25)16-21-6-3-7-22-16/h2-7,12,14H,8-10H2,1H3/t12-,14-/m1/s1. The quantitative estimate of drug-likeness (QED) is 0.660. The molecule has 0 radical (unpaired) electrons. The fourth-order valence-corrected chi connectivity index (χ4v) is 4.07. The maximum atomic E-state index is 13.4. The zero-order valence-electron chi connectivity index (χ0n) is 15.1. The molecular weight excluding hydrogens is 380 g/mol. The van der Waals surface area contributed by atoms with Crippen molar-refractivity contribution >= 4 is 17.5 Å². The lowest BCUT2D eigenvalue weighted by molar-refractivity contribution is -0.0569. The van der Waals surface area contributed by atoms with Crippen LogP contribution in [0.2, 0.25) is 5.02 Å². The Bertz CT molecular complexity index is 1050. The van der Waals surface area contributed by atoms with E-state index < -0.39 is 0 Å². The summed E-state index contributed by atoms with van der Waals surface area (Å²) < 4.78 is 7.73. The van der Waals surface area contributed by atoms with Crippen molar-refractivity contribution in [1.29, 1.82) is 0 Å². The molecule has 5 rings (SSSR count). The first-order valence-electron chi connectivity index (χ1n) is 9.01. The second-order valence-electron chi connectivity index (χ2n) is 6.92. The summed E-state index contributed by atoms with van der Waals surface area (Å²) in [4.78, 5) is 23.8. The van der Waals surface area contributed by atoms with Crippen molar-refractivity contribution in [3.8, 4) is 11.6 Å². The minimum Gasteiger partial charge on any atom is -0.377 e. The highest BCUT2D eigenvalue weighted by Gasteiger charge is 2.44. The molecule has 1 saturated heterocycles. The molecule has 4 heterocycles. The van der Waals surface area contributed by atoms with Gasteiger partial charge in [0.2, 0.25) is 5.82 Å². The number of rotatable bonds is 2. The van der Waals surface area contributed by atoms with Crippen LogP contribution in [0, 0.1) is 6.92 Å². The minimum absolute atomic E-state index is 0.112. The van der Waals surface area contributed by atoms with Crippen LogP contribution in [0.25, 0.3) is 11.6 Å². The molecule has 2 aliphatic heterocycles. The van der Waals surface area contributed by atoms with Crippen LogP contribution in [0.4, 0.5) is 0 Å². The normalized spacial score (nSPS) is 20.7. The lowest BCUT2D eigenvalue weighted by Gasteiger charge is -2.45. The molecule has 0 saturated carbocycles.